The molecule has 0 N–H and O–H groups in total. The summed E-state index contributed by atoms with van der Waals surface area (Å²) in [5.41, 5.74) is 0.875. The van der Waals surface area contributed by atoms with Crippen molar-refractivity contribution in [2.24, 2.45) is 0 Å². The van der Waals surface area contributed by atoms with E-state index in [0.717, 1.165) is 36.9 Å². The van der Waals surface area contributed by atoms with Gasteiger partial charge in [-0.15, -0.1) is 0 Å². The number of nitrogens with zero attached hydrogens (tertiary/aromatic N) is 5. The van der Waals surface area contributed by atoms with Crippen molar-refractivity contribution in [2.45, 2.75) is 89.1 Å². The molecule has 0 aliphatic carbocycles. The Morgan fingerprint density at radius 2 is 1.93 bits per heavy atom. The van der Waals surface area contributed by atoms with Gasteiger partial charge in [0.2, 0.25) is 0 Å². The van der Waals surface area contributed by atoms with Crippen molar-refractivity contribution in [3.63, 3.8) is 0 Å². The molecule has 5 fully saturated rings. The van der Waals surface area contributed by atoms with Gasteiger partial charge in [-0.05, 0) is 68.1 Å². The molecule has 0 radical (unpaired) electrons. The summed E-state index contributed by atoms with van der Waals surface area (Å²) in [5, 5.41) is 0.631. The molecule has 8 rings (SSSR count). The van der Waals surface area contributed by atoms with Gasteiger partial charge in [0, 0.05) is 31.6 Å². The first-order chi connectivity index (χ1) is 19.0. The van der Waals surface area contributed by atoms with Crippen LogP contribution in [0.2, 0.25) is 0 Å². The molecule has 0 spiro atoms. The minimum Gasteiger partial charge on any atom is -0.461 e. The van der Waals surface area contributed by atoms with Gasteiger partial charge >= 0.3 is 12.1 Å². The fraction of sp³-hybridized carbons (Fsp3) is 0.679. The normalized spacial score (nSPS) is 29.5. The molecule has 5 saturated heterocycles. The van der Waals surface area contributed by atoms with E-state index in [4.69, 9.17) is 19.2 Å². The molecule has 216 valence electrons. The minimum atomic E-state index is -0.874. The molecule has 4 atom stereocenters. The van der Waals surface area contributed by atoms with Crippen LogP contribution in [0.3, 0.4) is 0 Å². The minimum absolute atomic E-state index is 0.00735. The molecular formula is C28H34BrF2N5O4. The lowest BCUT2D eigenvalue weighted by Gasteiger charge is -2.56. The molecular weight excluding hydrogens is 588 g/mol. The van der Waals surface area contributed by atoms with Gasteiger partial charge in [0.15, 0.2) is 5.82 Å². The summed E-state index contributed by atoms with van der Waals surface area (Å²) >= 11 is 3.42. The molecule has 7 heterocycles. The first-order valence-electron chi connectivity index (χ1n) is 14.1. The Morgan fingerprint density at radius 3 is 2.67 bits per heavy atom. The fourth-order valence-electron chi connectivity index (χ4n) is 7.28. The van der Waals surface area contributed by atoms with Crippen LogP contribution in [0.25, 0.3) is 10.9 Å². The second kappa shape index (κ2) is 9.35. The lowest BCUT2D eigenvalue weighted by atomic mass is 9.86. The third-order valence-electron chi connectivity index (χ3n) is 9.01. The van der Waals surface area contributed by atoms with Crippen LogP contribution >= 0.6 is 15.9 Å². The second-order valence-electron chi connectivity index (χ2n) is 12.8. The standard InChI is InChI=1S/C28H34BrF2N5O4/c1-27(2,3)40-26(37)34-10-16-7-17(11-34)36(16)24-20-18-12-38-13-19(18)21(29)22(31)23(20)32-25(33-24)39-14-28-5-4-6-35(28)9-15(30)8-28/h15-17H,4-14H2,1-3H3/t15-,16?,17?,28+/m1/s1. The van der Waals surface area contributed by atoms with Crippen LogP contribution in [0.5, 0.6) is 6.01 Å². The summed E-state index contributed by atoms with van der Waals surface area (Å²) in [6, 6.07) is 0.102. The summed E-state index contributed by atoms with van der Waals surface area (Å²) in [6.07, 6.45) is 1.98. The van der Waals surface area contributed by atoms with Gasteiger partial charge in [-0.3, -0.25) is 4.90 Å². The predicted molar refractivity (Wildman–Crippen MR) is 147 cm³/mol. The van der Waals surface area contributed by atoms with Crippen molar-refractivity contribution >= 4 is 38.7 Å². The van der Waals surface area contributed by atoms with E-state index in [1.165, 1.54) is 0 Å². The molecule has 1 aromatic carbocycles. The third-order valence-corrected chi connectivity index (χ3v) is 9.84. The molecule has 1 amide bonds. The SMILES string of the molecule is CC(C)(C)OC(=O)N1CC2CC(C1)N2c1nc(OC[C@@]23CCCN2C[C@H](F)C3)nc2c(F)c(Br)c3c(c12)COC3. The highest BCUT2D eigenvalue weighted by molar-refractivity contribution is 9.10. The topological polar surface area (TPSA) is 80.3 Å². The number of benzene rings is 1. The lowest BCUT2D eigenvalue weighted by Crippen LogP contribution is -2.70. The Kier molecular flexibility index (Phi) is 6.21. The fourth-order valence-corrected chi connectivity index (χ4v) is 7.82. The summed E-state index contributed by atoms with van der Waals surface area (Å²) in [4.78, 5) is 28.3. The lowest BCUT2D eigenvalue weighted by molar-refractivity contribution is 0.00843. The van der Waals surface area contributed by atoms with Gasteiger partial charge in [-0.1, -0.05) is 0 Å². The van der Waals surface area contributed by atoms with Gasteiger partial charge in [-0.2, -0.15) is 9.97 Å². The molecule has 2 aromatic rings. The maximum absolute atomic E-state index is 15.8. The highest BCUT2D eigenvalue weighted by Gasteiger charge is 2.50. The van der Waals surface area contributed by atoms with Crippen LogP contribution in [-0.4, -0.2) is 88.0 Å². The number of hydrogen-bond acceptors (Lipinski definition) is 8. The third kappa shape index (κ3) is 4.24. The number of piperazine rings is 1. The van der Waals surface area contributed by atoms with Crippen LogP contribution in [0.15, 0.2) is 4.47 Å². The maximum Gasteiger partial charge on any atom is 0.410 e. The number of piperidine rings is 1. The van der Waals surface area contributed by atoms with Gasteiger partial charge in [0.25, 0.3) is 0 Å². The smallest absolute Gasteiger partial charge is 0.410 e. The van der Waals surface area contributed by atoms with E-state index in [9.17, 15) is 9.18 Å². The van der Waals surface area contributed by atoms with Crippen molar-refractivity contribution in [1.29, 1.82) is 0 Å². The average molecular weight is 623 g/mol. The molecule has 0 saturated carbocycles. The van der Waals surface area contributed by atoms with E-state index in [2.05, 4.69) is 30.7 Å². The molecule has 1 aromatic heterocycles. The quantitative estimate of drug-likeness (QED) is 0.485. The number of hydrogen-bond donors (Lipinski definition) is 0. The van der Waals surface area contributed by atoms with Gasteiger partial charge in [0.05, 0.1) is 40.7 Å². The van der Waals surface area contributed by atoms with Crippen LogP contribution in [0.1, 0.15) is 57.6 Å². The largest absolute Gasteiger partial charge is 0.461 e. The van der Waals surface area contributed by atoms with Crippen LogP contribution in [0.4, 0.5) is 19.4 Å². The Balaban J connectivity index is 1.24. The summed E-state index contributed by atoms with van der Waals surface area (Å²) in [6.45, 7) is 8.72. The van der Waals surface area contributed by atoms with Crippen LogP contribution < -0.4 is 9.64 Å². The number of rotatable bonds is 4. The number of fused-ring (bicyclic) bond motifs is 6. The van der Waals surface area contributed by atoms with Crippen molar-refractivity contribution < 1.29 is 27.8 Å². The van der Waals surface area contributed by atoms with E-state index in [-0.39, 0.29) is 41.8 Å². The molecule has 6 aliphatic heterocycles. The molecule has 9 nitrogen and oxygen atoms in total. The molecule has 12 heteroatoms. The maximum atomic E-state index is 15.8. The van der Waals surface area contributed by atoms with Crippen molar-refractivity contribution in [3.8, 4) is 6.01 Å². The second-order valence-corrected chi connectivity index (χ2v) is 13.6. The van der Waals surface area contributed by atoms with Crippen LogP contribution in [-0.2, 0) is 22.7 Å². The molecule has 6 aliphatic rings. The van der Waals surface area contributed by atoms with Gasteiger partial charge < -0.3 is 24.0 Å². The van der Waals surface area contributed by atoms with Crippen LogP contribution in [0, 0.1) is 5.82 Å². The number of alkyl halides is 1. The van der Waals surface area contributed by atoms with Crippen molar-refractivity contribution in [2.75, 3.05) is 37.7 Å². The molecule has 2 unspecified atom stereocenters. The summed E-state index contributed by atoms with van der Waals surface area (Å²) < 4.78 is 48.1. The Morgan fingerprint density at radius 1 is 1.18 bits per heavy atom. The Hall–Kier alpha value is -2.31. The van der Waals surface area contributed by atoms with Crippen molar-refractivity contribution in [3.05, 3.63) is 21.4 Å². The number of anilines is 1. The van der Waals surface area contributed by atoms with E-state index >= 15 is 4.39 Å². The number of carbonyl (C=O) groups excluding carboxylic acids is 1. The molecule has 40 heavy (non-hydrogen) atoms. The summed E-state index contributed by atoms with van der Waals surface area (Å²) in [5.74, 6) is 0.132. The van der Waals surface area contributed by atoms with E-state index in [0.29, 0.717) is 54.9 Å². The zero-order chi connectivity index (χ0) is 28.0. The highest BCUT2D eigenvalue weighted by Crippen LogP contribution is 2.46. The first-order valence-corrected chi connectivity index (χ1v) is 14.9. The Labute approximate surface area is 240 Å². The van der Waals surface area contributed by atoms with E-state index < -0.39 is 17.6 Å². The van der Waals surface area contributed by atoms with E-state index in [1.807, 2.05) is 20.8 Å². The van der Waals surface area contributed by atoms with E-state index in [1.54, 1.807) is 4.90 Å². The zero-order valence-corrected chi connectivity index (χ0v) is 24.6. The predicted octanol–water partition coefficient (Wildman–Crippen LogP) is 4.71. The van der Waals surface area contributed by atoms with Crippen molar-refractivity contribution in [1.82, 2.24) is 19.8 Å². The average Bonchev–Trinajstić information content (AvgIpc) is 3.59. The zero-order valence-electron chi connectivity index (χ0n) is 23.0. The first kappa shape index (κ1) is 26.6. The number of aromatic nitrogens is 2. The Bertz CT molecular complexity index is 1380. The number of halogens is 3. The van der Waals surface area contributed by atoms with Gasteiger partial charge in [0.1, 0.15) is 29.7 Å². The van der Waals surface area contributed by atoms with Gasteiger partial charge in [-0.25, -0.2) is 13.6 Å². The summed E-state index contributed by atoms with van der Waals surface area (Å²) in [7, 11) is 0. The number of carbonyl (C=O) groups is 1. The number of ether oxygens (including phenoxy) is 3. The number of amides is 1. The monoisotopic (exact) mass is 621 g/mol. The molecule has 2 bridgehead atoms. The highest BCUT2D eigenvalue weighted by atomic mass is 79.9.